The lowest BCUT2D eigenvalue weighted by molar-refractivity contribution is -0.147. The van der Waals surface area contributed by atoms with Crippen LogP contribution < -0.4 is 16.0 Å². The topological polar surface area (TPSA) is 148 Å². The third-order valence-electron chi connectivity index (χ3n) is 7.52. The maximum absolute atomic E-state index is 13.7. The van der Waals surface area contributed by atoms with Gasteiger partial charge in [0.2, 0.25) is 11.8 Å². The number of unbranched alkanes of at least 4 members (excludes halogenated alkanes) is 4. The second kappa shape index (κ2) is 19.3. The van der Waals surface area contributed by atoms with E-state index >= 15 is 0 Å². The maximum Gasteiger partial charge on any atom is 0.326 e. The third-order valence-corrected chi connectivity index (χ3v) is 7.52. The number of amides is 3. The molecule has 5 atom stereocenters. The lowest BCUT2D eigenvalue weighted by Crippen LogP contribution is -2.59. The minimum absolute atomic E-state index is 0.0389. The molecule has 0 aliphatic rings. The zero-order valence-corrected chi connectivity index (χ0v) is 26.6. The van der Waals surface area contributed by atoms with Gasteiger partial charge < -0.3 is 31.1 Å². The highest BCUT2D eigenvalue weighted by atomic mass is 16.4. The van der Waals surface area contributed by atoms with Gasteiger partial charge in [0.1, 0.15) is 24.2 Å². The minimum atomic E-state index is -1.34. The molecular formula is C32H54N4O6. The van der Waals surface area contributed by atoms with Crippen molar-refractivity contribution in [1.82, 2.24) is 20.9 Å². The summed E-state index contributed by atoms with van der Waals surface area (Å²) in [7, 11) is 3.19. The van der Waals surface area contributed by atoms with Crippen LogP contribution >= 0.6 is 0 Å². The number of benzene rings is 1. The number of aliphatic hydroxyl groups is 1. The zero-order valence-electron chi connectivity index (χ0n) is 26.6. The second-order valence-electron chi connectivity index (χ2n) is 12.0. The van der Waals surface area contributed by atoms with Gasteiger partial charge in [-0.25, -0.2) is 4.79 Å². The van der Waals surface area contributed by atoms with E-state index in [2.05, 4.69) is 22.9 Å². The number of likely N-dealkylation sites (N-methyl/N-ethyl adjacent to an activating group) is 2. The SMILES string of the molecule is CCCCCCCC(NC)C(O)C(=O)NC(CC(C)C)C(=O)N(C)C(C(=O)NC(Cc1ccccc1)C(=O)O)C(C)C. The number of nitrogens with one attached hydrogen (secondary N) is 3. The molecule has 0 saturated heterocycles. The first kappa shape index (κ1) is 37.0. The van der Waals surface area contributed by atoms with Gasteiger partial charge in [-0.15, -0.1) is 0 Å². The van der Waals surface area contributed by atoms with Crippen molar-refractivity contribution in [2.75, 3.05) is 14.1 Å². The van der Waals surface area contributed by atoms with Crippen LogP contribution in [-0.4, -0.2) is 83.2 Å². The average Bonchev–Trinajstić information content (AvgIpc) is 2.93. The number of aliphatic carboxylic acids is 1. The molecule has 0 fully saturated rings. The predicted molar refractivity (Wildman–Crippen MR) is 165 cm³/mol. The number of aliphatic hydroxyl groups excluding tert-OH is 1. The van der Waals surface area contributed by atoms with Gasteiger partial charge in [0.15, 0.2) is 0 Å². The average molecular weight is 591 g/mol. The molecule has 1 aromatic carbocycles. The zero-order chi connectivity index (χ0) is 31.8. The van der Waals surface area contributed by atoms with Gasteiger partial charge in [-0.05, 0) is 37.3 Å². The molecule has 0 spiro atoms. The molecule has 5 unspecified atom stereocenters. The highest BCUT2D eigenvalue weighted by Gasteiger charge is 2.37. The normalized spacial score (nSPS) is 15.0. The number of nitrogens with zero attached hydrogens (tertiary/aromatic N) is 1. The molecule has 238 valence electrons. The first-order valence-electron chi connectivity index (χ1n) is 15.3. The van der Waals surface area contributed by atoms with Crippen molar-refractivity contribution in [3.8, 4) is 0 Å². The molecule has 0 saturated carbocycles. The smallest absolute Gasteiger partial charge is 0.326 e. The fraction of sp³-hybridized carbons (Fsp3) is 0.688. The molecule has 42 heavy (non-hydrogen) atoms. The van der Waals surface area contributed by atoms with Crippen LogP contribution in [-0.2, 0) is 25.6 Å². The van der Waals surface area contributed by atoms with E-state index in [0.29, 0.717) is 12.8 Å². The Morgan fingerprint density at radius 3 is 2.00 bits per heavy atom. The first-order valence-corrected chi connectivity index (χ1v) is 15.3. The molecule has 0 radical (unpaired) electrons. The summed E-state index contributed by atoms with van der Waals surface area (Å²) in [6.45, 7) is 9.54. The van der Waals surface area contributed by atoms with Gasteiger partial charge in [-0.1, -0.05) is 97.1 Å². The highest BCUT2D eigenvalue weighted by molar-refractivity contribution is 5.94. The lowest BCUT2D eigenvalue weighted by atomic mass is 9.97. The molecule has 0 bridgehead atoms. The largest absolute Gasteiger partial charge is 0.480 e. The molecule has 10 nitrogen and oxygen atoms in total. The molecule has 0 aliphatic carbocycles. The van der Waals surface area contributed by atoms with Crippen LogP contribution in [0.25, 0.3) is 0 Å². The van der Waals surface area contributed by atoms with E-state index in [-0.39, 0.29) is 18.3 Å². The summed E-state index contributed by atoms with van der Waals surface area (Å²) in [4.78, 5) is 53.5. The van der Waals surface area contributed by atoms with Gasteiger partial charge in [-0.2, -0.15) is 0 Å². The van der Waals surface area contributed by atoms with Gasteiger partial charge in [0, 0.05) is 19.5 Å². The summed E-state index contributed by atoms with van der Waals surface area (Å²) in [5.74, 6) is -3.18. The van der Waals surface area contributed by atoms with Gasteiger partial charge >= 0.3 is 5.97 Å². The summed E-state index contributed by atoms with van der Waals surface area (Å²) in [6.07, 6.45) is 4.98. The Labute approximate surface area is 252 Å². The van der Waals surface area contributed by atoms with E-state index < -0.39 is 54.0 Å². The van der Waals surface area contributed by atoms with E-state index in [1.807, 2.05) is 19.9 Å². The van der Waals surface area contributed by atoms with Crippen LogP contribution in [0.2, 0.25) is 0 Å². The number of rotatable bonds is 20. The predicted octanol–water partition coefficient (Wildman–Crippen LogP) is 3.12. The van der Waals surface area contributed by atoms with Crippen LogP contribution in [0.4, 0.5) is 0 Å². The molecule has 5 N–H and O–H groups in total. The van der Waals surface area contributed by atoms with Crippen molar-refractivity contribution in [1.29, 1.82) is 0 Å². The van der Waals surface area contributed by atoms with E-state index in [0.717, 1.165) is 37.7 Å². The number of hydrogen-bond donors (Lipinski definition) is 5. The molecule has 10 heteroatoms. The van der Waals surface area contributed by atoms with Crippen LogP contribution in [0.5, 0.6) is 0 Å². The Balaban J connectivity index is 3.02. The summed E-state index contributed by atoms with van der Waals surface area (Å²) in [5, 5.41) is 29.0. The van der Waals surface area contributed by atoms with E-state index in [9.17, 15) is 29.4 Å². The first-order chi connectivity index (χ1) is 19.8. The van der Waals surface area contributed by atoms with Crippen molar-refractivity contribution in [3.63, 3.8) is 0 Å². The van der Waals surface area contributed by atoms with Crippen molar-refractivity contribution in [3.05, 3.63) is 35.9 Å². The summed E-state index contributed by atoms with van der Waals surface area (Å²) in [6, 6.07) is 5.43. The summed E-state index contributed by atoms with van der Waals surface area (Å²) < 4.78 is 0. The number of carbonyl (C=O) groups excluding carboxylic acids is 3. The Hall–Kier alpha value is -2.98. The molecule has 0 aliphatic heterocycles. The van der Waals surface area contributed by atoms with Crippen LogP contribution in [0.15, 0.2) is 30.3 Å². The van der Waals surface area contributed by atoms with Crippen LogP contribution in [0.1, 0.15) is 85.1 Å². The molecule has 3 amide bonds. The van der Waals surface area contributed by atoms with E-state index in [1.54, 1.807) is 45.2 Å². The van der Waals surface area contributed by atoms with Gasteiger partial charge in [0.05, 0.1) is 0 Å². The highest BCUT2D eigenvalue weighted by Crippen LogP contribution is 2.16. The van der Waals surface area contributed by atoms with Gasteiger partial charge in [0.25, 0.3) is 5.91 Å². The van der Waals surface area contributed by atoms with Crippen molar-refractivity contribution in [2.45, 2.75) is 116 Å². The molecule has 1 rings (SSSR count). The Kier molecular flexibility index (Phi) is 17.0. The monoisotopic (exact) mass is 590 g/mol. The van der Waals surface area contributed by atoms with E-state index in [1.165, 1.54) is 11.9 Å². The number of carboxylic acid groups (broad SMARTS) is 1. The molecule has 0 aromatic heterocycles. The Morgan fingerprint density at radius 2 is 1.48 bits per heavy atom. The number of hydrogen-bond acceptors (Lipinski definition) is 6. The van der Waals surface area contributed by atoms with Crippen LogP contribution in [0.3, 0.4) is 0 Å². The van der Waals surface area contributed by atoms with Crippen LogP contribution in [0, 0.1) is 11.8 Å². The fourth-order valence-corrected chi connectivity index (χ4v) is 5.18. The second-order valence-corrected chi connectivity index (χ2v) is 12.0. The lowest BCUT2D eigenvalue weighted by Gasteiger charge is -2.34. The maximum atomic E-state index is 13.7. The minimum Gasteiger partial charge on any atom is -0.480 e. The number of carboxylic acids is 1. The van der Waals surface area contributed by atoms with Crippen molar-refractivity contribution in [2.24, 2.45) is 11.8 Å². The van der Waals surface area contributed by atoms with Crippen molar-refractivity contribution >= 4 is 23.7 Å². The number of carbonyl (C=O) groups is 4. The third kappa shape index (κ3) is 12.5. The fourth-order valence-electron chi connectivity index (χ4n) is 5.18. The Morgan fingerprint density at radius 1 is 0.881 bits per heavy atom. The Bertz CT molecular complexity index is 971. The summed E-state index contributed by atoms with van der Waals surface area (Å²) in [5.41, 5.74) is 0.759. The quantitative estimate of drug-likeness (QED) is 0.147. The van der Waals surface area contributed by atoms with Crippen molar-refractivity contribution < 1.29 is 29.4 Å². The molecule has 1 aromatic rings. The molecular weight excluding hydrogens is 536 g/mol. The standard InChI is InChI=1S/C32H54N4O6/c1-8-9-10-11-15-18-24(33-6)28(37)30(39)34-25(19-21(2)3)31(40)36(7)27(22(4)5)29(38)35-26(32(41)42)20-23-16-13-12-14-17-23/h12-14,16-17,21-22,24-28,33,37H,8-11,15,18-20H2,1-7H3,(H,34,39)(H,35,38)(H,41,42). The van der Waals surface area contributed by atoms with E-state index in [4.69, 9.17) is 0 Å². The summed E-state index contributed by atoms with van der Waals surface area (Å²) >= 11 is 0. The van der Waals surface area contributed by atoms with Gasteiger partial charge in [-0.3, -0.25) is 14.4 Å². The molecule has 0 heterocycles.